The molecule has 0 bridgehead atoms. The number of methoxy groups -OCH3 is 1. The van der Waals surface area contributed by atoms with E-state index in [0.29, 0.717) is 39.7 Å². The van der Waals surface area contributed by atoms with E-state index < -0.39 is 0 Å². The minimum Gasteiger partial charge on any atom is -0.493 e. The number of fused-ring (bicyclic) bond motifs is 1. The van der Waals surface area contributed by atoms with Crippen LogP contribution in [-0.2, 0) is 17.8 Å². The molecule has 0 aliphatic heterocycles. The summed E-state index contributed by atoms with van der Waals surface area (Å²) in [5.41, 5.74) is 0.665. The van der Waals surface area contributed by atoms with Crippen molar-refractivity contribution in [1.82, 2.24) is 25.0 Å². The van der Waals surface area contributed by atoms with Crippen LogP contribution in [0, 0.1) is 0 Å². The van der Waals surface area contributed by atoms with Crippen molar-refractivity contribution in [3.05, 3.63) is 29.3 Å². The summed E-state index contributed by atoms with van der Waals surface area (Å²) in [6, 6.07) is 7.62. The Morgan fingerprint density at radius 3 is 2.87 bits per heavy atom. The van der Waals surface area contributed by atoms with Crippen LogP contribution >= 0.6 is 23.1 Å². The number of aryl methyl sites for hydroxylation is 1. The first kappa shape index (κ1) is 20.4. The smallest absolute Gasteiger partial charge is 0.236 e. The number of nitrogens with one attached hydrogen (secondary N) is 1. The zero-order valence-electron chi connectivity index (χ0n) is 16.7. The Labute approximate surface area is 180 Å². The van der Waals surface area contributed by atoms with E-state index in [9.17, 15) is 4.79 Å². The number of aromatic nitrogens is 5. The first-order valence-electron chi connectivity index (χ1n) is 9.38. The number of ether oxygens (including phenoxy) is 1. The minimum atomic E-state index is -0.167. The van der Waals surface area contributed by atoms with E-state index in [4.69, 9.17) is 9.15 Å². The lowest BCUT2D eigenvalue weighted by Crippen LogP contribution is -2.14. The van der Waals surface area contributed by atoms with Gasteiger partial charge in [0.05, 0.1) is 12.9 Å². The second-order valence-electron chi connectivity index (χ2n) is 6.23. The standard InChI is InChI=1S/C19H20N6O3S2/c1-4-15-21-23-18(30-15)20-14(26)10-29-19-24-22-17(25(19)5-2)13-9-11-7-6-8-12(27-3)16(11)28-13/h6-9H,4-5,10H2,1-3H3,(H,20,23,26). The monoisotopic (exact) mass is 444 g/mol. The third-order valence-corrected chi connectivity index (χ3v) is 6.28. The third-order valence-electron chi connectivity index (χ3n) is 4.33. The largest absolute Gasteiger partial charge is 0.493 e. The Morgan fingerprint density at radius 2 is 2.13 bits per heavy atom. The van der Waals surface area contributed by atoms with Crippen LogP contribution in [0.1, 0.15) is 18.9 Å². The molecule has 156 valence electrons. The van der Waals surface area contributed by atoms with Crippen molar-refractivity contribution in [2.75, 3.05) is 18.2 Å². The van der Waals surface area contributed by atoms with E-state index in [0.717, 1.165) is 16.8 Å². The Morgan fingerprint density at radius 1 is 1.27 bits per heavy atom. The normalized spacial score (nSPS) is 11.2. The molecule has 11 heteroatoms. The number of rotatable bonds is 8. The fourth-order valence-corrected chi connectivity index (χ4v) is 4.40. The molecule has 0 saturated carbocycles. The van der Waals surface area contributed by atoms with Gasteiger partial charge < -0.3 is 9.15 Å². The number of para-hydroxylation sites is 1. The maximum Gasteiger partial charge on any atom is 0.236 e. The van der Waals surface area contributed by atoms with Crippen molar-refractivity contribution in [3.8, 4) is 17.3 Å². The van der Waals surface area contributed by atoms with Gasteiger partial charge in [0, 0.05) is 11.9 Å². The molecule has 0 fully saturated rings. The van der Waals surface area contributed by atoms with Crippen molar-refractivity contribution in [2.24, 2.45) is 0 Å². The maximum absolute atomic E-state index is 12.3. The Hall–Kier alpha value is -2.92. The molecule has 0 radical (unpaired) electrons. The summed E-state index contributed by atoms with van der Waals surface area (Å²) in [4.78, 5) is 12.3. The number of nitrogens with zero attached hydrogens (tertiary/aromatic N) is 5. The summed E-state index contributed by atoms with van der Waals surface area (Å²) in [5.74, 6) is 1.89. The van der Waals surface area contributed by atoms with E-state index >= 15 is 0 Å². The van der Waals surface area contributed by atoms with Crippen LogP contribution in [0.25, 0.3) is 22.6 Å². The highest BCUT2D eigenvalue weighted by Crippen LogP contribution is 2.33. The van der Waals surface area contributed by atoms with Crippen molar-refractivity contribution >= 4 is 45.1 Å². The number of benzene rings is 1. The number of hydrogen-bond acceptors (Lipinski definition) is 9. The topological polar surface area (TPSA) is 108 Å². The highest BCUT2D eigenvalue weighted by atomic mass is 32.2. The van der Waals surface area contributed by atoms with Crippen LogP contribution < -0.4 is 10.1 Å². The molecule has 4 aromatic rings. The van der Waals surface area contributed by atoms with Gasteiger partial charge in [-0.1, -0.05) is 42.2 Å². The van der Waals surface area contributed by atoms with Crippen molar-refractivity contribution in [3.63, 3.8) is 0 Å². The van der Waals surface area contributed by atoms with E-state index in [1.54, 1.807) is 7.11 Å². The SMILES string of the molecule is CCc1nnc(NC(=O)CSc2nnc(-c3cc4cccc(OC)c4o3)n2CC)s1. The van der Waals surface area contributed by atoms with Crippen LogP contribution in [-0.4, -0.2) is 43.7 Å². The number of amides is 1. The minimum absolute atomic E-state index is 0.167. The Balaban J connectivity index is 1.50. The van der Waals surface area contributed by atoms with Crippen molar-refractivity contribution < 1.29 is 13.9 Å². The van der Waals surface area contributed by atoms with E-state index in [2.05, 4.69) is 25.7 Å². The lowest BCUT2D eigenvalue weighted by Gasteiger charge is -2.05. The van der Waals surface area contributed by atoms with Crippen LogP contribution in [0.3, 0.4) is 0 Å². The van der Waals surface area contributed by atoms with Gasteiger partial charge in [-0.05, 0) is 25.5 Å². The summed E-state index contributed by atoms with van der Waals surface area (Å²) < 4.78 is 13.3. The molecule has 1 N–H and O–H groups in total. The molecule has 0 aliphatic rings. The number of carbonyl (C=O) groups excluding carboxylic acids is 1. The van der Waals surface area contributed by atoms with Crippen LogP contribution in [0.5, 0.6) is 5.75 Å². The lowest BCUT2D eigenvalue weighted by molar-refractivity contribution is -0.113. The third kappa shape index (κ3) is 4.03. The predicted molar refractivity (Wildman–Crippen MR) is 116 cm³/mol. The first-order chi connectivity index (χ1) is 14.6. The molecule has 3 heterocycles. The molecule has 3 aromatic heterocycles. The first-order valence-corrected chi connectivity index (χ1v) is 11.2. The molecule has 4 rings (SSSR count). The average Bonchev–Trinajstić information content (AvgIpc) is 3.48. The highest BCUT2D eigenvalue weighted by molar-refractivity contribution is 7.99. The molecular formula is C19H20N6O3S2. The summed E-state index contributed by atoms with van der Waals surface area (Å²) in [5, 5.41) is 22.2. The number of carbonyl (C=O) groups is 1. The van der Waals surface area contributed by atoms with Gasteiger partial charge in [0.15, 0.2) is 22.2 Å². The van der Waals surface area contributed by atoms with Crippen molar-refractivity contribution in [1.29, 1.82) is 0 Å². The lowest BCUT2D eigenvalue weighted by atomic mass is 10.2. The van der Waals surface area contributed by atoms with Gasteiger partial charge in [0.2, 0.25) is 16.9 Å². The molecule has 0 aliphatic carbocycles. The molecule has 0 spiro atoms. The summed E-state index contributed by atoms with van der Waals surface area (Å²) in [6.45, 7) is 4.62. The fourth-order valence-electron chi connectivity index (χ4n) is 2.90. The molecule has 30 heavy (non-hydrogen) atoms. The summed E-state index contributed by atoms with van der Waals surface area (Å²) in [6.07, 6.45) is 0.790. The molecule has 0 atom stereocenters. The van der Waals surface area contributed by atoms with Crippen molar-refractivity contribution in [2.45, 2.75) is 32.0 Å². The van der Waals surface area contributed by atoms with E-state index in [1.807, 2.05) is 42.7 Å². The number of anilines is 1. The average molecular weight is 445 g/mol. The second kappa shape index (κ2) is 8.84. The molecular weight excluding hydrogens is 424 g/mol. The number of hydrogen-bond donors (Lipinski definition) is 1. The Kier molecular flexibility index (Phi) is 6.00. The van der Waals surface area contributed by atoms with Gasteiger partial charge in [-0.15, -0.1) is 20.4 Å². The zero-order chi connectivity index (χ0) is 21.1. The van der Waals surface area contributed by atoms with Gasteiger partial charge in [-0.2, -0.15) is 0 Å². The van der Waals surface area contributed by atoms with Crippen LogP contribution in [0.2, 0.25) is 0 Å². The maximum atomic E-state index is 12.3. The van der Waals surface area contributed by atoms with Gasteiger partial charge >= 0.3 is 0 Å². The van der Waals surface area contributed by atoms with Crippen LogP contribution in [0.4, 0.5) is 5.13 Å². The molecule has 0 saturated heterocycles. The van der Waals surface area contributed by atoms with Gasteiger partial charge in [-0.25, -0.2) is 0 Å². The van der Waals surface area contributed by atoms with E-state index in [1.165, 1.54) is 23.1 Å². The van der Waals surface area contributed by atoms with Gasteiger partial charge in [-0.3, -0.25) is 14.7 Å². The molecule has 1 aromatic carbocycles. The van der Waals surface area contributed by atoms with E-state index in [-0.39, 0.29) is 11.7 Å². The van der Waals surface area contributed by atoms with Gasteiger partial charge in [0.1, 0.15) is 5.01 Å². The molecule has 0 unspecified atom stereocenters. The zero-order valence-corrected chi connectivity index (χ0v) is 18.3. The summed E-state index contributed by atoms with van der Waals surface area (Å²) >= 11 is 2.69. The van der Waals surface area contributed by atoms with Crippen LogP contribution in [0.15, 0.2) is 33.8 Å². The molecule has 9 nitrogen and oxygen atoms in total. The van der Waals surface area contributed by atoms with Gasteiger partial charge in [0.25, 0.3) is 0 Å². The highest BCUT2D eigenvalue weighted by Gasteiger charge is 2.19. The molecule has 1 amide bonds. The summed E-state index contributed by atoms with van der Waals surface area (Å²) in [7, 11) is 1.61. The number of furan rings is 1. The number of thioether (sulfide) groups is 1. The quantitative estimate of drug-likeness (QED) is 0.408. The second-order valence-corrected chi connectivity index (χ2v) is 8.24. The fraction of sp³-hybridized carbons (Fsp3) is 0.316. The Bertz CT molecular complexity index is 1180. The predicted octanol–water partition coefficient (Wildman–Crippen LogP) is 3.86.